The Morgan fingerprint density at radius 1 is 1.53 bits per heavy atom. The van der Waals surface area contributed by atoms with E-state index in [-0.39, 0.29) is 6.04 Å². The van der Waals surface area contributed by atoms with Gasteiger partial charge in [-0.2, -0.15) is 11.8 Å². The second kappa shape index (κ2) is 5.21. The quantitative estimate of drug-likeness (QED) is 0.777. The first-order chi connectivity index (χ1) is 7.31. The van der Waals surface area contributed by atoms with Gasteiger partial charge in [-0.25, -0.2) is 0 Å². The SMILES string of the molecule is CCNC1CCN(CC2CCSC2)C1=O. The summed E-state index contributed by atoms with van der Waals surface area (Å²) >= 11 is 2.02. The summed E-state index contributed by atoms with van der Waals surface area (Å²) in [5.74, 6) is 3.60. The average Bonchev–Trinajstić information content (AvgIpc) is 2.83. The largest absolute Gasteiger partial charge is 0.341 e. The van der Waals surface area contributed by atoms with Gasteiger partial charge in [-0.05, 0) is 36.8 Å². The highest BCUT2D eigenvalue weighted by Crippen LogP contribution is 2.25. The zero-order valence-corrected chi connectivity index (χ0v) is 10.2. The van der Waals surface area contributed by atoms with Gasteiger partial charge in [0.15, 0.2) is 0 Å². The number of rotatable bonds is 4. The van der Waals surface area contributed by atoms with Crippen molar-refractivity contribution in [1.82, 2.24) is 10.2 Å². The lowest BCUT2D eigenvalue weighted by Gasteiger charge is -2.20. The highest BCUT2D eigenvalue weighted by Gasteiger charge is 2.32. The van der Waals surface area contributed by atoms with E-state index >= 15 is 0 Å². The maximum Gasteiger partial charge on any atom is 0.239 e. The van der Waals surface area contributed by atoms with Crippen LogP contribution in [-0.2, 0) is 4.79 Å². The fourth-order valence-corrected chi connectivity index (χ4v) is 3.67. The Bertz CT molecular complexity index is 229. The van der Waals surface area contributed by atoms with Gasteiger partial charge in [0.2, 0.25) is 5.91 Å². The summed E-state index contributed by atoms with van der Waals surface area (Å²) in [5, 5.41) is 3.25. The van der Waals surface area contributed by atoms with Gasteiger partial charge in [0.1, 0.15) is 0 Å². The Labute approximate surface area is 96.0 Å². The molecule has 4 heteroatoms. The van der Waals surface area contributed by atoms with Crippen molar-refractivity contribution >= 4 is 17.7 Å². The summed E-state index contributed by atoms with van der Waals surface area (Å²) in [7, 11) is 0. The van der Waals surface area contributed by atoms with E-state index in [2.05, 4.69) is 17.1 Å². The molecule has 2 rings (SSSR count). The first-order valence-electron chi connectivity index (χ1n) is 5.91. The second-order valence-electron chi connectivity index (χ2n) is 4.41. The van der Waals surface area contributed by atoms with Crippen molar-refractivity contribution in [2.75, 3.05) is 31.1 Å². The Balaban J connectivity index is 1.81. The minimum absolute atomic E-state index is 0.101. The predicted molar refractivity (Wildman–Crippen MR) is 64.1 cm³/mol. The summed E-state index contributed by atoms with van der Waals surface area (Å²) in [6, 6.07) is 0.101. The average molecular weight is 228 g/mol. The summed E-state index contributed by atoms with van der Waals surface area (Å²) in [6.45, 7) is 4.90. The van der Waals surface area contributed by atoms with E-state index in [1.165, 1.54) is 17.9 Å². The molecule has 2 aliphatic rings. The zero-order valence-electron chi connectivity index (χ0n) is 9.37. The van der Waals surface area contributed by atoms with E-state index in [9.17, 15) is 4.79 Å². The molecule has 1 N–H and O–H groups in total. The number of likely N-dealkylation sites (tertiary alicyclic amines) is 1. The highest BCUT2D eigenvalue weighted by molar-refractivity contribution is 7.99. The third-order valence-electron chi connectivity index (χ3n) is 3.25. The fourth-order valence-electron chi connectivity index (χ4n) is 2.40. The Kier molecular flexibility index (Phi) is 3.92. The van der Waals surface area contributed by atoms with Crippen molar-refractivity contribution in [1.29, 1.82) is 0 Å². The predicted octanol–water partition coefficient (Wildman–Crippen LogP) is 0.950. The molecule has 2 unspecified atom stereocenters. The molecule has 2 fully saturated rings. The molecular formula is C11H20N2OS. The van der Waals surface area contributed by atoms with Crippen LogP contribution in [0.25, 0.3) is 0 Å². The van der Waals surface area contributed by atoms with E-state index in [0.717, 1.165) is 32.0 Å². The minimum Gasteiger partial charge on any atom is -0.341 e. The molecule has 0 aliphatic carbocycles. The van der Waals surface area contributed by atoms with Crippen LogP contribution in [0.4, 0.5) is 0 Å². The van der Waals surface area contributed by atoms with E-state index in [1.54, 1.807) is 0 Å². The summed E-state index contributed by atoms with van der Waals surface area (Å²) < 4.78 is 0. The van der Waals surface area contributed by atoms with Gasteiger partial charge in [-0.3, -0.25) is 4.79 Å². The third kappa shape index (κ3) is 2.67. The van der Waals surface area contributed by atoms with E-state index in [1.807, 2.05) is 11.8 Å². The van der Waals surface area contributed by atoms with Crippen molar-refractivity contribution in [2.24, 2.45) is 5.92 Å². The number of nitrogens with zero attached hydrogens (tertiary/aromatic N) is 1. The van der Waals surface area contributed by atoms with Crippen molar-refractivity contribution in [3.63, 3.8) is 0 Å². The van der Waals surface area contributed by atoms with Crippen LogP contribution in [0.15, 0.2) is 0 Å². The number of carbonyl (C=O) groups excluding carboxylic acids is 1. The maximum absolute atomic E-state index is 11.9. The van der Waals surface area contributed by atoms with Crippen LogP contribution < -0.4 is 5.32 Å². The van der Waals surface area contributed by atoms with Crippen molar-refractivity contribution in [3.05, 3.63) is 0 Å². The van der Waals surface area contributed by atoms with Crippen LogP contribution in [0.1, 0.15) is 19.8 Å². The van der Waals surface area contributed by atoms with Crippen LogP contribution >= 0.6 is 11.8 Å². The lowest BCUT2D eigenvalue weighted by Crippen LogP contribution is -2.39. The third-order valence-corrected chi connectivity index (χ3v) is 4.48. The normalized spacial score (nSPS) is 31.5. The minimum atomic E-state index is 0.101. The molecule has 0 saturated carbocycles. The van der Waals surface area contributed by atoms with E-state index in [0.29, 0.717) is 5.91 Å². The van der Waals surface area contributed by atoms with Gasteiger partial charge < -0.3 is 10.2 Å². The molecule has 0 aromatic rings. The summed E-state index contributed by atoms with van der Waals surface area (Å²) in [4.78, 5) is 14.0. The first kappa shape index (κ1) is 11.3. The number of carbonyl (C=O) groups is 1. The molecule has 0 aromatic carbocycles. The lowest BCUT2D eigenvalue weighted by molar-refractivity contribution is -0.129. The van der Waals surface area contributed by atoms with Gasteiger partial charge in [0.25, 0.3) is 0 Å². The molecule has 86 valence electrons. The van der Waals surface area contributed by atoms with Crippen molar-refractivity contribution < 1.29 is 4.79 Å². The molecule has 1 amide bonds. The van der Waals surface area contributed by atoms with Gasteiger partial charge in [0.05, 0.1) is 6.04 Å². The Hall–Kier alpha value is -0.220. The standard InChI is InChI=1S/C11H20N2OS/c1-2-12-10-3-5-13(11(10)14)7-9-4-6-15-8-9/h9-10,12H,2-8H2,1H3. The van der Waals surface area contributed by atoms with Crippen molar-refractivity contribution in [2.45, 2.75) is 25.8 Å². The van der Waals surface area contributed by atoms with Gasteiger partial charge in [0, 0.05) is 13.1 Å². The number of likely N-dealkylation sites (N-methyl/N-ethyl adjacent to an activating group) is 1. The van der Waals surface area contributed by atoms with Gasteiger partial charge in [-0.1, -0.05) is 6.92 Å². The topological polar surface area (TPSA) is 32.3 Å². The molecular weight excluding hydrogens is 208 g/mol. The van der Waals surface area contributed by atoms with Crippen molar-refractivity contribution in [3.8, 4) is 0 Å². The molecule has 15 heavy (non-hydrogen) atoms. The van der Waals surface area contributed by atoms with Crippen LogP contribution in [0.3, 0.4) is 0 Å². The number of hydrogen-bond acceptors (Lipinski definition) is 3. The molecule has 0 radical (unpaired) electrons. The first-order valence-corrected chi connectivity index (χ1v) is 7.06. The number of thioether (sulfide) groups is 1. The van der Waals surface area contributed by atoms with Gasteiger partial charge in [-0.15, -0.1) is 0 Å². The number of hydrogen-bond donors (Lipinski definition) is 1. The molecule has 2 atom stereocenters. The molecule has 0 aromatic heterocycles. The molecule has 2 aliphatic heterocycles. The molecule has 3 nitrogen and oxygen atoms in total. The Morgan fingerprint density at radius 3 is 3.07 bits per heavy atom. The monoisotopic (exact) mass is 228 g/mol. The van der Waals surface area contributed by atoms with Crippen LogP contribution in [0, 0.1) is 5.92 Å². The molecule has 2 heterocycles. The van der Waals surface area contributed by atoms with Crippen LogP contribution in [-0.4, -0.2) is 48.0 Å². The smallest absolute Gasteiger partial charge is 0.239 e. The van der Waals surface area contributed by atoms with E-state index in [4.69, 9.17) is 0 Å². The summed E-state index contributed by atoms with van der Waals surface area (Å²) in [5.41, 5.74) is 0. The van der Waals surface area contributed by atoms with E-state index < -0.39 is 0 Å². The number of nitrogens with one attached hydrogen (secondary N) is 1. The number of amides is 1. The maximum atomic E-state index is 11.9. The fraction of sp³-hybridized carbons (Fsp3) is 0.909. The molecule has 0 spiro atoms. The summed E-state index contributed by atoms with van der Waals surface area (Å²) in [6.07, 6.45) is 2.28. The van der Waals surface area contributed by atoms with Crippen LogP contribution in [0.2, 0.25) is 0 Å². The second-order valence-corrected chi connectivity index (χ2v) is 5.56. The lowest BCUT2D eigenvalue weighted by atomic mass is 10.1. The molecule has 2 saturated heterocycles. The van der Waals surface area contributed by atoms with Gasteiger partial charge >= 0.3 is 0 Å². The van der Waals surface area contributed by atoms with Crippen LogP contribution in [0.5, 0.6) is 0 Å². The zero-order chi connectivity index (χ0) is 10.7. The Morgan fingerprint density at radius 2 is 2.40 bits per heavy atom. The highest BCUT2D eigenvalue weighted by atomic mass is 32.2. The molecule has 0 bridgehead atoms.